The third-order valence-corrected chi connectivity index (χ3v) is 3.17. The van der Waals surface area contributed by atoms with Gasteiger partial charge >= 0.3 is 5.69 Å². The maximum Gasteiger partial charge on any atom is 0.351 e. The number of aromatic nitrogens is 2. The minimum Gasteiger partial charge on any atom is -0.394 e. The van der Waals surface area contributed by atoms with Crippen LogP contribution in [0.15, 0.2) is 16.5 Å². The topological polar surface area (TPSA) is 131 Å². The molecule has 1 aromatic heterocycles. The largest absolute Gasteiger partial charge is 0.394 e. The van der Waals surface area contributed by atoms with Crippen molar-refractivity contribution in [2.75, 3.05) is 12.3 Å². The van der Waals surface area contributed by atoms with Gasteiger partial charge < -0.3 is 25.8 Å². The Balaban J connectivity index is 2.43. The highest BCUT2D eigenvalue weighted by molar-refractivity contribution is 6.27. The quantitative estimate of drug-likeness (QED) is 0.543. The van der Waals surface area contributed by atoms with Gasteiger partial charge in [-0.3, -0.25) is 4.57 Å². The molecular formula is C11H14ClN3O5. The van der Waals surface area contributed by atoms with Gasteiger partial charge in [-0.05, 0) is 6.08 Å². The maximum atomic E-state index is 11.8. The fourth-order valence-electron chi connectivity index (χ4n) is 1.98. The first-order valence-electron chi connectivity index (χ1n) is 5.77. The summed E-state index contributed by atoms with van der Waals surface area (Å²) in [6.45, 7) is -0.486. The summed E-state index contributed by atoms with van der Waals surface area (Å²) in [5, 5.41) is 28.6. The molecule has 8 nitrogen and oxygen atoms in total. The lowest BCUT2D eigenvalue weighted by Gasteiger charge is -2.18. The van der Waals surface area contributed by atoms with Crippen molar-refractivity contribution in [1.82, 2.24) is 9.55 Å². The average molecular weight is 304 g/mol. The summed E-state index contributed by atoms with van der Waals surface area (Å²) in [5.74, 6) is -0.0186. The van der Waals surface area contributed by atoms with Crippen molar-refractivity contribution in [1.29, 1.82) is 0 Å². The van der Waals surface area contributed by atoms with Crippen LogP contribution in [-0.4, -0.2) is 49.8 Å². The van der Waals surface area contributed by atoms with Crippen LogP contribution in [0.1, 0.15) is 11.8 Å². The lowest BCUT2D eigenvalue weighted by atomic mass is 10.1. The highest BCUT2D eigenvalue weighted by atomic mass is 35.5. The molecule has 0 amide bonds. The summed E-state index contributed by atoms with van der Waals surface area (Å²) in [7, 11) is 0. The molecule has 1 aliphatic heterocycles. The molecule has 0 saturated carbocycles. The molecule has 0 bridgehead atoms. The first-order valence-corrected chi connectivity index (χ1v) is 6.21. The van der Waals surface area contributed by atoms with Gasteiger partial charge in [0.2, 0.25) is 0 Å². The van der Waals surface area contributed by atoms with E-state index >= 15 is 0 Å². The summed E-state index contributed by atoms with van der Waals surface area (Å²) in [6, 6.07) is 0. The predicted octanol–water partition coefficient (Wildman–Crippen LogP) is -1.35. The molecule has 1 fully saturated rings. The van der Waals surface area contributed by atoms with E-state index < -0.39 is 36.8 Å². The zero-order valence-corrected chi connectivity index (χ0v) is 11.0. The van der Waals surface area contributed by atoms with Crippen LogP contribution < -0.4 is 11.4 Å². The molecule has 0 aliphatic carbocycles. The van der Waals surface area contributed by atoms with Crippen LogP contribution in [-0.2, 0) is 4.74 Å². The van der Waals surface area contributed by atoms with Crippen molar-refractivity contribution >= 4 is 23.5 Å². The number of rotatable bonds is 3. The van der Waals surface area contributed by atoms with E-state index in [1.807, 2.05) is 0 Å². The zero-order chi connectivity index (χ0) is 14.9. The van der Waals surface area contributed by atoms with Crippen molar-refractivity contribution in [3.63, 3.8) is 0 Å². The van der Waals surface area contributed by atoms with Crippen molar-refractivity contribution in [2.24, 2.45) is 0 Å². The summed E-state index contributed by atoms with van der Waals surface area (Å²) >= 11 is 5.45. The number of aliphatic hydroxyl groups is 3. The molecule has 1 aromatic rings. The van der Waals surface area contributed by atoms with Crippen molar-refractivity contribution in [2.45, 2.75) is 24.5 Å². The highest BCUT2D eigenvalue weighted by Crippen LogP contribution is 2.28. The Kier molecular flexibility index (Phi) is 4.41. The first-order chi connectivity index (χ1) is 9.49. The molecule has 20 heavy (non-hydrogen) atoms. The molecule has 0 aromatic carbocycles. The van der Waals surface area contributed by atoms with Crippen LogP contribution in [0.5, 0.6) is 0 Å². The third-order valence-electron chi connectivity index (χ3n) is 3.04. The molecule has 1 saturated heterocycles. The normalized spacial score (nSPS) is 30.2. The Morgan fingerprint density at radius 2 is 2.20 bits per heavy atom. The Bertz CT molecular complexity index is 576. The maximum absolute atomic E-state index is 11.8. The minimum absolute atomic E-state index is 0.0186. The highest BCUT2D eigenvalue weighted by Gasteiger charge is 2.43. The Hall–Kier alpha value is -1.45. The number of hydrogen-bond donors (Lipinski definition) is 4. The summed E-state index contributed by atoms with van der Waals surface area (Å²) < 4.78 is 6.24. The van der Waals surface area contributed by atoms with Gasteiger partial charge in [-0.15, -0.1) is 0 Å². The molecular weight excluding hydrogens is 290 g/mol. The number of nitrogens with zero attached hydrogens (tertiary/aromatic N) is 2. The lowest BCUT2D eigenvalue weighted by molar-refractivity contribution is -0.0549. The number of aliphatic hydroxyl groups excluding tert-OH is 3. The number of hydrogen-bond acceptors (Lipinski definition) is 7. The standard InChI is InChI=1S/C11H14ClN3O5/c12-2-1-5-3-15(11(19)14-9(5)13)10-8(18)7(17)6(4-16)20-10/h1-3,6-8,10,16-18H,4H2,(H2,13,14,19)/b2-1+/t6-,7+,8-,10-/m1/s1. The van der Waals surface area contributed by atoms with Gasteiger partial charge in [-0.25, -0.2) is 4.79 Å². The van der Waals surface area contributed by atoms with Gasteiger partial charge in [0, 0.05) is 17.3 Å². The number of ether oxygens (including phenoxy) is 1. The van der Waals surface area contributed by atoms with E-state index in [0.717, 1.165) is 4.57 Å². The molecule has 5 N–H and O–H groups in total. The van der Waals surface area contributed by atoms with Crippen molar-refractivity contribution in [3.05, 3.63) is 27.8 Å². The number of halogens is 1. The lowest BCUT2D eigenvalue weighted by Crippen LogP contribution is -2.36. The van der Waals surface area contributed by atoms with Crippen LogP contribution in [0.2, 0.25) is 0 Å². The van der Waals surface area contributed by atoms with Gasteiger partial charge in [0.1, 0.15) is 24.1 Å². The fourth-order valence-corrected chi connectivity index (χ4v) is 2.12. The monoisotopic (exact) mass is 303 g/mol. The van der Waals surface area contributed by atoms with E-state index in [1.165, 1.54) is 17.8 Å². The molecule has 0 radical (unpaired) electrons. The van der Waals surface area contributed by atoms with E-state index in [-0.39, 0.29) is 5.82 Å². The fraction of sp³-hybridized carbons (Fsp3) is 0.455. The minimum atomic E-state index is -1.37. The second-order valence-electron chi connectivity index (χ2n) is 4.29. The predicted molar refractivity (Wildman–Crippen MR) is 70.8 cm³/mol. The molecule has 110 valence electrons. The van der Waals surface area contributed by atoms with E-state index in [2.05, 4.69) is 4.98 Å². The Morgan fingerprint density at radius 1 is 1.50 bits per heavy atom. The van der Waals surface area contributed by atoms with Crippen LogP contribution in [0.4, 0.5) is 5.82 Å². The number of anilines is 1. The van der Waals surface area contributed by atoms with Gasteiger partial charge in [-0.2, -0.15) is 4.98 Å². The Morgan fingerprint density at radius 3 is 2.75 bits per heavy atom. The second-order valence-corrected chi connectivity index (χ2v) is 4.54. The van der Waals surface area contributed by atoms with Crippen molar-refractivity contribution in [3.8, 4) is 0 Å². The molecule has 0 unspecified atom stereocenters. The van der Waals surface area contributed by atoms with E-state index in [0.29, 0.717) is 5.56 Å². The van der Waals surface area contributed by atoms with E-state index in [9.17, 15) is 15.0 Å². The SMILES string of the molecule is Nc1nc(=O)n([C@@H]2O[C@H](CO)[C@H](O)[C@H]2O)cc1/C=C/Cl. The van der Waals surface area contributed by atoms with Crippen LogP contribution in [0.25, 0.3) is 6.08 Å². The molecule has 1 aliphatic rings. The molecule has 9 heteroatoms. The van der Waals surface area contributed by atoms with Crippen LogP contribution in [0, 0.1) is 0 Å². The summed E-state index contributed by atoms with van der Waals surface area (Å²) in [5.41, 5.74) is 6.37. The van der Waals surface area contributed by atoms with E-state index in [4.69, 9.17) is 27.2 Å². The van der Waals surface area contributed by atoms with Gasteiger partial charge in [0.25, 0.3) is 0 Å². The first kappa shape index (κ1) is 14.9. The second kappa shape index (κ2) is 5.90. The van der Waals surface area contributed by atoms with E-state index in [1.54, 1.807) is 0 Å². The van der Waals surface area contributed by atoms with Crippen LogP contribution >= 0.6 is 11.6 Å². The molecule has 4 atom stereocenters. The smallest absolute Gasteiger partial charge is 0.351 e. The average Bonchev–Trinajstić information content (AvgIpc) is 2.70. The van der Waals surface area contributed by atoms with Crippen molar-refractivity contribution < 1.29 is 20.1 Å². The zero-order valence-electron chi connectivity index (χ0n) is 10.3. The molecule has 0 spiro atoms. The number of nitrogens with two attached hydrogens (primary N) is 1. The molecule has 2 heterocycles. The summed E-state index contributed by atoms with van der Waals surface area (Å²) in [4.78, 5) is 15.4. The Labute approximate surface area is 118 Å². The van der Waals surface area contributed by atoms with Crippen LogP contribution in [0.3, 0.4) is 0 Å². The van der Waals surface area contributed by atoms with Gasteiger partial charge in [0.15, 0.2) is 6.23 Å². The summed E-state index contributed by atoms with van der Waals surface area (Å²) in [6.07, 6.45) is -2.09. The van der Waals surface area contributed by atoms with Gasteiger partial charge in [-0.1, -0.05) is 11.6 Å². The third kappa shape index (κ3) is 2.56. The molecule has 2 rings (SSSR count). The van der Waals surface area contributed by atoms with Gasteiger partial charge in [0.05, 0.1) is 6.61 Å². The number of nitrogen functional groups attached to an aromatic ring is 1.